The smallest absolute Gasteiger partial charge is 0.234 e. The van der Waals surface area contributed by atoms with E-state index in [1.165, 1.54) is 0 Å². The number of amides is 1. The van der Waals surface area contributed by atoms with Crippen molar-refractivity contribution in [3.05, 3.63) is 35.9 Å². The highest BCUT2D eigenvalue weighted by Gasteiger charge is 2.10. The number of hydrogen-bond acceptors (Lipinski definition) is 3. The van der Waals surface area contributed by atoms with Crippen LogP contribution in [0.3, 0.4) is 0 Å². The van der Waals surface area contributed by atoms with E-state index in [2.05, 4.69) is 17.9 Å². The van der Waals surface area contributed by atoms with Gasteiger partial charge in [-0.3, -0.25) is 4.79 Å². The molecule has 1 rings (SSSR count). The lowest BCUT2D eigenvalue weighted by Gasteiger charge is -2.08. The third-order valence-electron chi connectivity index (χ3n) is 1.84. The maximum absolute atomic E-state index is 11.3. The number of carbonyl (C=O) groups excluding carboxylic acids is 1. The highest BCUT2D eigenvalue weighted by Crippen LogP contribution is 1.98. The van der Waals surface area contributed by atoms with Gasteiger partial charge in [0.1, 0.15) is 0 Å². The molecule has 0 fully saturated rings. The molecule has 1 unspecified atom stereocenters. The Labute approximate surface area is 89.1 Å². The highest BCUT2D eigenvalue weighted by atomic mass is 32.1. The van der Waals surface area contributed by atoms with E-state index in [4.69, 9.17) is 5.73 Å². The van der Waals surface area contributed by atoms with E-state index in [1.807, 2.05) is 30.3 Å². The number of hydrogen-bond donors (Lipinski definition) is 3. The van der Waals surface area contributed by atoms with Gasteiger partial charge in [0.15, 0.2) is 0 Å². The molecule has 76 valence electrons. The van der Waals surface area contributed by atoms with Crippen LogP contribution in [0.25, 0.3) is 0 Å². The first-order chi connectivity index (χ1) is 6.74. The van der Waals surface area contributed by atoms with Gasteiger partial charge in [0.05, 0.1) is 5.25 Å². The lowest BCUT2D eigenvalue weighted by Crippen LogP contribution is -2.35. The summed E-state index contributed by atoms with van der Waals surface area (Å²) < 4.78 is 0. The van der Waals surface area contributed by atoms with Crippen molar-refractivity contribution in [2.45, 2.75) is 11.8 Å². The molecule has 14 heavy (non-hydrogen) atoms. The molecule has 0 saturated heterocycles. The Balaban J connectivity index is 2.38. The number of carbonyl (C=O) groups is 1. The quantitative estimate of drug-likeness (QED) is 0.636. The predicted octanol–water partition coefficient (Wildman–Crippen LogP) is 0.560. The maximum Gasteiger partial charge on any atom is 0.234 e. The maximum atomic E-state index is 11.3. The molecular formula is C10H14N2OS. The molecule has 0 saturated carbocycles. The summed E-state index contributed by atoms with van der Waals surface area (Å²) in [7, 11) is 0. The van der Waals surface area contributed by atoms with Crippen molar-refractivity contribution < 1.29 is 4.79 Å². The van der Waals surface area contributed by atoms with Crippen molar-refractivity contribution in [2.75, 3.05) is 6.54 Å². The van der Waals surface area contributed by atoms with E-state index in [9.17, 15) is 4.79 Å². The summed E-state index contributed by atoms with van der Waals surface area (Å²) in [4.78, 5) is 11.3. The average molecular weight is 210 g/mol. The Morgan fingerprint density at radius 2 is 2.07 bits per heavy atom. The Bertz CT molecular complexity index is 289. The van der Waals surface area contributed by atoms with E-state index in [0.717, 1.165) is 5.56 Å². The fourth-order valence-electron chi connectivity index (χ4n) is 1.01. The molecule has 1 aromatic carbocycles. The zero-order chi connectivity index (χ0) is 10.4. The summed E-state index contributed by atoms with van der Waals surface area (Å²) in [5.41, 5.74) is 6.37. The SMILES string of the molecule is NCC(S)C(=O)NCc1ccccc1. The molecule has 1 aromatic rings. The van der Waals surface area contributed by atoms with Gasteiger partial charge >= 0.3 is 0 Å². The molecule has 0 aliphatic carbocycles. The van der Waals surface area contributed by atoms with Crippen molar-refractivity contribution >= 4 is 18.5 Å². The third-order valence-corrected chi connectivity index (χ3v) is 2.28. The van der Waals surface area contributed by atoms with Gasteiger partial charge in [-0.1, -0.05) is 30.3 Å². The second kappa shape index (κ2) is 5.67. The molecule has 0 bridgehead atoms. The van der Waals surface area contributed by atoms with Gasteiger partial charge in [0.25, 0.3) is 0 Å². The zero-order valence-corrected chi connectivity index (χ0v) is 8.71. The van der Waals surface area contributed by atoms with Crippen molar-refractivity contribution in [2.24, 2.45) is 5.73 Å². The Morgan fingerprint density at radius 3 is 2.64 bits per heavy atom. The molecule has 0 spiro atoms. The largest absolute Gasteiger partial charge is 0.351 e. The Morgan fingerprint density at radius 1 is 1.43 bits per heavy atom. The van der Waals surface area contributed by atoms with E-state index >= 15 is 0 Å². The van der Waals surface area contributed by atoms with E-state index in [1.54, 1.807) is 0 Å². The second-order valence-electron chi connectivity index (χ2n) is 2.95. The van der Waals surface area contributed by atoms with Crippen molar-refractivity contribution in [3.8, 4) is 0 Å². The van der Waals surface area contributed by atoms with Crippen LogP contribution in [0.1, 0.15) is 5.56 Å². The van der Waals surface area contributed by atoms with Crippen LogP contribution in [0.4, 0.5) is 0 Å². The number of benzene rings is 1. The fourth-order valence-corrected chi connectivity index (χ4v) is 1.10. The molecule has 1 atom stereocenters. The minimum absolute atomic E-state index is 0.125. The topological polar surface area (TPSA) is 55.1 Å². The second-order valence-corrected chi connectivity index (χ2v) is 3.58. The molecule has 4 heteroatoms. The molecule has 3 nitrogen and oxygen atoms in total. The Kier molecular flexibility index (Phi) is 4.49. The summed E-state index contributed by atoms with van der Waals surface area (Å²) in [6.07, 6.45) is 0. The molecule has 3 N–H and O–H groups in total. The summed E-state index contributed by atoms with van der Waals surface area (Å²) in [6, 6.07) is 9.71. The minimum Gasteiger partial charge on any atom is -0.351 e. The van der Waals surface area contributed by atoms with E-state index in [0.29, 0.717) is 6.54 Å². The van der Waals surface area contributed by atoms with Crippen LogP contribution in [0.15, 0.2) is 30.3 Å². The molecule has 0 aliphatic heterocycles. The van der Waals surface area contributed by atoms with Crippen LogP contribution < -0.4 is 11.1 Å². The molecule has 0 radical (unpaired) electrons. The fraction of sp³-hybridized carbons (Fsp3) is 0.300. The summed E-state index contributed by atoms with van der Waals surface area (Å²) in [5.74, 6) is -0.125. The van der Waals surface area contributed by atoms with Crippen LogP contribution in [0.2, 0.25) is 0 Å². The van der Waals surface area contributed by atoms with Crippen LogP contribution in [0.5, 0.6) is 0 Å². The van der Waals surface area contributed by atoms with Gasteiger partial charge in [0, 0.05) is 13.1 Å². The van der Waals surface area contributed by atoms with Gasteiger partial charge in [-0.25, -0.2) is 0 Å². The standard InChI is InChI=1S/C10H14N2OS/c11-6-9(14)10(13)12-7-8-4-2-1-3-5-8/h1-5,9,14H,6-7,11H2,(H,12,13). The van der Waals surface area contributed by atoms with Gasteiger partial charge in [0.2, 0.25) is 5.91 Å². The lowest BCUT2D eigenvalue weighted by molar-refractivity contribution is -0.120. The van der Waals surface area contributed by atoms with Crippen LogP contribution >= 0.6 is 12.6 Å². The number of nitrogens with two attached hydrogens (primary N) is 1. The summed E-state index contributed by atoms with van der Waals surface area (Å²) in [6.45, 7) is 0.778. The van der Waals surface area contributed by atoms with E-state index in [-0.39, 0.29) is 12.5 Å². The van der Waals surface area contributed by atoms with Gasteiger partial charge < -0.3 is 11.1 Å². The van der Waals surface area contributed by atoms with Crippen molar-refractivity contribution in [1.29, 1.82) is 0 Å². The highest BCUT2D eigenvalue weighted by molar-refractivity contribution is 7.81. The first kappa shape index (κ1) is 11.1. The van der Waals surface area contributed by atoms with Gasteiger partial charge in [-0.05, 0) is 5.56 Å². The third kappa shape index (κ3) is 3.40. The number of rotatable bonds is 4. The molecule has 0 aliphatic rings. The van der Waals surface area contributed by atoms with E-state index < -0.39 is 5.25 Å². The average Bonchev–Trinajstić information content (AvgIpc) is 2.26. The van der Waals surface area contributed by atoms with Crippen LogP contribution in [-0.2, 0) is 11.3 Å². The van der Waals surface area contributed by atoms with Crippen molar-refractivity contribution in [3.63, 3.8) is 0 Å². The van der Waals surface area contributed by atoms with Gasteiger partial charge in [-0.2, -0.15) is 12.6 Å². The van der Waals surface area contributed by atoms with Gasteiger partial charge in [-0.15, -0.1) is 0 Å². The summed E-state index contributed by atoms with van der Waals surface area (Å²) >= 11 is 4.03. The molecule has 0 aromatic heterocycles. The van der Waals surface area contributed by atoms with Crippen LogP contribution in [-0.4, -0.2) is 17.7 Å². The minimum atomic E-state index is -0.418. The first-order valence-electron chi connectivity index (χ1n) is 4.44. The monoisotopic (exact) mass is 210 g/mol. The molecule has 0 heterocycles. The summed E-state index contributed by atoms with van der Waals surface area (Å²) in [5, 5.41) is 2.34. The Hall–Kier alpha value is -1.00. The molecule has 1 amide bonds. The number of thiol groups is 1. The van der Waals surface area contributed by atoms with Crippen molar-refractivity contribution in [1.82, 2.24) is 5.32 Å². The number of nitrogens with one attached hydrogen (secondary N) is 1. The zero-order valence-electron chi connectivity index (χ0n) is 7.81. The normalized spacial score (nSPS) is 12.1. The van der Waals surface area contributed by atoms with Crippen LogP contribution in [0, 0.1) is 0 Å². The lowest BCUT2D eigenvalue weighted by atomic mass is 10.2. The first-order valence-corrected chi connectivity index (χ1v) is 4.95. The molecular weight excluding hydrogens is 196 g/mol. The predicted molar refractivity (Wildman–Crippen MR) is 60.1 cm³/mol.